The molecule has 2 aromatic carbocycles. The Kier molecular flexibility index (Phi) is 5.43. The van der Waals surface area contributed by atoms with Crippen molar-refractivity contribution in [2.45, 2.75) is 13.5 Å². The van der Waals surface area contributed by atoms with Gasteiger partial charge in [-0.1, -0.05) is 23.5 Å². The molecule has 0 aliphatic carbocycles. The van der Waals surface area contributed by atoms with Crippen molar-refractivity contribution >= 4 is 44.4 Å². The number of hydrogen-bond donors (Lipinski definition) is 0. The number of thiazole rings is 1. The van der Waals surface area contributed by atoms with Crippen molar-refractivity contribution in [1.29, 1.82) is 0 Å². The average molecular weight is 466 g/mol. The van der Waals surface area contributed by atoms with Gasteiger partial charge in [0, 0.05) is 18.2 Å². The fraction of sp³-hybridized carbons (Fsp3) is 0.217. The molecule has 1 amide bonds. The lowest BCUT2D eigenvalue weighted by Crippen LogP contribution is -2.23. The summed E-state index contributed by atoms with van der Waals surface area (Å²) >= 11 is 1.20. The molecule has 0 spiro atoms. The highest BCUT2D eigenvalue weighted by Crippen LogP contribution is 2.35. The van der Waals surface area contributed by atoms with Crippen molar-refractivity contribution in [2.75, 3.05) is 19.8 Å². The van der Waals surface area contributed by atoms with E-state index in [4.69, 9.17) is 18.6 Å². The van der Waals surface area contributed by atoms with Crippen LogP contribution in [0.5, 0.6) is 11.5 Å². The monoisotopic (exact) mass is 466 g/mol. The zero-order valence-corrected chi connectivity index (χ0v) is 18.3. The Balaban J connectivity index is 1.65. The van der Waals surface area contributed by atoms with Gasteiger partial charge >= 0.3 is 11.9 Å². The molecule has 0 unspecified atom stereocenters. The standard InChI is InChI=1S/C23H18N2O7S/c1-2-29-21(27)12-25-14-9-17-18(31-8-7-30-17)11-20(14)33-23(25)24-22(28)19-10-15(26)13-5-3-4-6-16(13)32-19/h3-6,9-11H,2,7-8,12H2,1H3. The van der Waals surface area contributed by atoms with Crippen LogP contribution in [0.15, 0.2) is 56.7 Å². The first-order valence-corrected chi connectivity index (χ1v) is 11.1. The van der Waals surface area contributed by atoms with Crippen molar-refractivity contribution in [3.8, 4) is 11.5 Å². The van der Waals surface area contributed by atoms with Crippen molar-refractivity contribution in [3.05, 3.63) is 63.2 Å². The highest BCUT2D eigenvalue weighted by atomic mass is 32.1. The molecule has 4 aromatic rings. The molecule has 0 atom stereocenters. The van der Waals surface area contributed by atoms with Crippen LogP contribution in [0.3, 0.4) is 0 Å². The lowest BCUT2D eigenvalue weighted by molar-refractivity contribution is -0.143. The predicted molar refractivity (Wildman–Crippen MR) is 120 cm³/mol. The smallest absolute Gasteiger partial charge is 0.326 e. The molecular weight excluding hydrogens is 448 g/mol. The van der Waals surface area contributed by atoms with E-state index in [0.717, 1.165) is 10.8 Å². The number of carbonyl (C=O) groups is 2. The number of benzene rings is 2. The quantitative estimate of drug-likeness (QED) is 0.426. The van der Waals surface area contributed by atoms with E-state index in [0.29, 0.717) is 41.2 Å². The van der Waals surface area contributed by atoms with Crippen molar-refractivity contribution in [1.82, 2.24) is 4.57 Å². The van der Waals surface area contributed by atoms with Crippen LogP contribution < -0.4 is 19.7 Å². The maximum Gasteiger partial charge on any atom is 0.326 e. The zero-order valence-electron chi connectivity index (χ0n) is 17.5. The normalized spacial score (nSPS) is 13.4. The maximum absolute atomic E-state index is 12.9. The SMILES string of the molecule is CCOC(=O)Cn1c(=NC(=O)c2cc(=O)c3ccccc3o2)sc2cc3c(cc21)OCCO3. The van der Waals surface area contributed by atoms with Crippen LogP contribution >= 0.6 is 11.3 Å². The van der Waals surface area contributed by atoms with Gasteiger partial charge in [0.15, 0.2) is 27.5 Å². The second-order valence-electron chi connectivity index (χ2n) is 7.13. The van der Waals surface area contributed by atoms with Gasteiger partial charge in [0.2, 0.25) is 0 Å². The van der Waals surface area contributed by atoms with Gasteiger partial charge < -0.3 is 23.2 Å². The first-order chi connectivity index (χ1) is 16.0. The minimum absolute atomic E-state index is 0.152. The summed E-state index contributed by atoms with van der Waals surface area (Å²) in [4.78, 5) is 42.0. The summed E-state index contributed by atoms with van der Waals surface area (Å²) in [6, 6.07) is 11.3. The number of aromatic nitrogens is 1. The van der Waals surface area contributed by atoms with Gasteiger partial charge in [0.25, 0.3) is 0 Å². The van der Waals surface area contributed by atoms with Gasteiger partial charge in [0.05, 0.1) is 22.2 Å². The summed E-state index contributed by atoms with van der Waals surface area (Å²) in [7, 11) is 0. The summed E-state index contributed by atoms with van der Waals surface area (Å²) in [6.45, 7) is 2.63. The van der Waals surface area contributed by atoms with Crippen LogP contribution in [-0.4, -0.2) is 36.3 Å². The summed E-state index contributed by atoms with van der Waals surface area (Å²) in [5.74, 6) is -0.276. The van der Waals surface area contributed by atoms with Gasteiger partial charge in [-0.15, -0.1) is 0 Å². The first kappa shape index (κ1) is 21.0. The topological polar surface area (TPSA) is 109 Å². The molecular formula is C23H18N2O7S. The van der Waals surface area contributed by atoms with Crippen LogP contribution in [0, 0.1) is 0 Å². The number of amides is 1. The maximum atomic E-state index is 12.9. The Labute approximate surface area is 190 Å². The molecule has 10 heteroatoms. The van der Waals surface area contributed by atoms with Crippen LogP contribution in [0.25, 0.3) is 21.2 Å². The minimum Gasteiger partial charge on any atom is -0.486 e. The number of carbonyl (C=O) groups excluding carboxylic acids is 2. The van der Waals surface area contributed by atoms with Crippen LogP contribution in [0.2, 0.25) is 0 Å². The highest BCUT2D eigenvalue weighted by molar-refractivity contribution is 7.16. The van der Waals surface area contributed by atoms with Gasteiger partial charge in [-0.25, -0.2) is 0 Å². The highest BCUT2D eigenvalue weighted by Gasteiger charge is 2.19. The predicted octanol–water partition coefficient (Wildman–Crippen LogP) is 2.88. The number of hydrogen-bond acceptors (Lipinski definition) is 8. The fourth-order valence-electron chi connectivity index (χ4n) is 3.53. The van der Waals surface area contributed by atoms with E-state index in [2.05, 4.69) is 4.99 Å². The Morgan fingerprint density at radius 1 is 1.12 bits per heavy atom. The number of rotatable bonds is 4. The molecule has 33 heavy (non-hydrogen) atoms. The number of nitrogens with zero attached hydrogens (tertiary/aromatic N) is 2. The molecule has 5 rings (SSSR count). The zero-order chi connectivity index (χ0) is 22.9. The summed E-state index contributed by atoms with van der Waals surface area (Å²) in [6.07, 6.45) is 0. The molecule has 0 bridgehead atoms. The number of fused-ring (bicyclic) bond motifs is 3. The molecule has 0 N–H and O–H groups in total. The van der Waals surface area contributed by atoms with Crippen molar-refractivity contribution < 1.29 is 28.2 Å². The molecule has 0 saturated carbocycles. The van der Waals surface area contributed by atoms with Crippen molar-refractivity contribution in [2.24, 2.45) is 4.99 Å². The second kappa shape index (κ2) is 8.55. The van der Waals surface area contributed by atoms with Gasteiger partial charge in [0.1, 0.15) is 25.3 Å². The minimum atomic E-state index is -0.737. The van der Waals surface area contributed by atoms with E-state index >= 15 is 0 Å². The van der Waals surface area contributed by atoms with Crippen LogP contribution in [0.1, 0.15) is 17.5 Å². The lowest BCUT2D eigenvalue weighted by atomic mass is 10.2. The second-order valence-corrected chi connectivity index (χ2v) is 8.14. The Hall–Kier alpha value is -3.92. The van der Waals surface area contributed by atoms with E-state index in [1.165, 1.54) is 11.3 Å². The van der Waals surface area contributed by atoms with Gasteiger partial charge in [-0.2, -0.15) is 4.99 Å². The van der Waals surface area contributed by atoms with E-state index in [9.17, 15) is 14.4 Å². The average Bonchev–Trinajstić information content (AvgIpc) is 3.13. The molecule has 1 aliphatic rings. The van der Waals surface area contributed by atoms with Crippen LogP contribution in [0.4, 0.5) is 0 Å². The number of ether oxygens (including phenoxy) is 3. The molecule has 168 valence electrons. The number of esters is 1. The molecule has 2 aromatic heterocycles. The van der Waals surface area contributed by atoms with Crippen molar-refractivity contribution in [3.63, 3.8) is 0 Å². The van der Waals surface area contributed by atoms with E-state index in [1.54, 1.807) is 47.9 Å². The summed E-state index contributed by atoms with van der Waals surface area (Å²) < 4.78 is 24.3. The lowest BCUT2D eigenvalue weighted by Gasteiger charge is -2.18. The van der Waals surface area contributed by atoms with E-state index < -0.39 is 11.9 Å². The Morgan fingerprint density at radius 2 is 1.88 bits per heavy atom. The first-order valence-electron chi connectivity index (χ1n) is 10.2. The molecule has 9 nitrogen and oxygen atoms in total. The molecule has 0 radical (unpaired) electrons. The van der Waals surface area contributed by atoms with E-state index in [-0.39, 0.29) is 29.1 Å². The Bertz CT molecular complexity index is 1530. The van der Waals surface area contributed by atoms with Gasteiger partial charge in [-0.3, -0.25) is 14.4 Å². The largest absolute Gasteiger partial charge is 0.486 e. The molecule has 1 aliphatic heterocycles. The summed E-state index contributed by atoms with van der Waals surface area (Å²) in [5.41, 5.74) is 0.596. The molecule has 3 heterocycles. The third kappa shape index (κ3) is 4.00. The fourth-order valence-corrected chi connectivity index (χ4v) is 4.57. The molecule has 0 fully saturated rings. The third-order valence-electron chi connectivity index (χ3n) is 4.98. The van der Waals surface area contributed by atoms with Crippen LogP contribution in [-0.2, 0) is 16.1 Å². The van der Waals surface area contributed by atoms with E-state index in [1.807, 2.05) is 0 Å². The molecule has 0 saturated heterocycles. The Morgan fingerprint density at radius 3 is 2.67 bits per heavy atom. The third-order valence-corrected chi connectivity index (χ3v) is 6.02. The summed E-state index contributed by atoms with van der Waals surface area (Å²) in [5, 5.41) is 0.374. The number of para-hydroxylation sites is 1. The van der Waals surface area contributed by atoms with Gasteiger partial charge in [-0.05, 0) is 19.1 Å².